The van der Waals surface area contributed by atoms with Crippen molar-refractivity contribution in [2.24, 2.45) is 5.73 Å². The van der Waals surface area contributed by atoms with Gasteiger partial charge in [-0.3, -0.25) is 0 Å². The van der Waals surface area contributed by atoms with E-state index in [0.717, 1.165) is 22.5 Å². The zero-order valence-electron chi connectivity index (χ0n) is 11.0. The summed E-state index contributed by atoms with van der Waals surface area (Å²) < 4.78 is 64.4. The molecular formula is C12H17F3N2O2S. The van der Waals surface area contributed by atoms with Gasteiger partial charge in [-0.25, -0.2) is 8.42 Å². The van der Waals surface area contributed by atoms with Gasteiger partial charge in [0, 0.05) is 19.6 Å². The molecule has 0 atom stereocenters. The molecule has 0 saturated carbocycles. The van der Waals surface area contributed by atoms with Crippen molar-refractivity contribution in [2.45, 2.75) is 24.4 Å². The molecule has 20 heavy (non-hydrogen) atoms. The van der Waals surface area contributed by atoms with E-state index >= 15 is 0 Å². The van der Waals surface area contributed by atoms with Crippen LogP contribution in [0, 0.1) is 0 Å². The molecule has 0 bridgehead atoms. The Bertz CT molecular complexity index is 538. The molecule has 0 spiro atoms. The SMILES string of the molecule is CCCN(CCN)S(=O)(=O)c1ccccc1C(F)(F)F. The van der Waals surface area contributed by atoms with Crippen LogP contribution in [0.1, 0.15) is 18.9 Å². The van der Waals surface area contributed by atoms with E-state index in [1.807, 2.05) is 0 Å². The molecule has 0 radical (unpaired) electrons. The molecule has 0 unspecified atom stereocenters. The van der Waals surface area contributed by atoms with Gasteiger partial charge in [-0.1, -0.05) is 19.1 Å². The summed E-state index contributed by atoms with van der Waals surface area (Å²) in [4.78, 5) is -0.727. The fourth-order valence-corrected chi connectivity index (χ4v) is 3.57. The smallest absolute Gasteiger partial charge is 0.329 e. The van der Waals surface area contributed by atoms with Crippen molar-refractivity contribution in [1.29, 1.82) is 0 Å². The number of benzene rings is 1. The molecule has 114 valence electrons. The van der Waals surface area contributed by atoms with Crippen LogP contribution in [-0.2, 0) is 16.2 Å². The Balaban J connectivity index is 3.34. The first kappa shape index (κ1) is 16.9. The van der Waals surface area contributed by atoms with E-state index in [4.69, 9.17) is 5.73 Å². The van der Waals surface area contributed by atoms with Gasteiger partial charge in [0.1, 0.15) is 0 Å². The average molecular weight is 310 g/mol. The third kappa shape index (κ3) is 3.71. The van der Waals surface area contributed by atoms with Crippen LogP contribution in [-0.4, -0.2) is 32.4 Å². The topological polar surface area (TPSA) is 63.4 Å². The van der Waals surface area contributed by atoms with Gasteiger partial charge in [-0.15, -0.1) is 0 Å². The summed E-state index contributed by atoms with van der Waals surface area (Å²) in [6.45, 7) is 1.91. The molecule has 0 aromatic heterocycles. The fraction of sp³-hybridized carbons (Fsp3) is 0.500. The average Bonchev–Trinajstić information content (AvgIpc) is 2.37. The molecule has 1 aromatic carbocycles. The van der Waals surface area contributed by atoms with Gasteiger partial charge >= 0.3 is 6.18 Å². The number of nitrogens with two attached hydrogens (primary N) is 1. The third-order valence-electron chi connectivity index (χ3n) is 2.66. The zero-order valence-corrected chi connectivity index (χ0v) is 11.8. The summed E-state index contributed by atoms with van der Waals surface area (Å²) in [5.74, 6) is 0. The third-order valence-corrected chi connectivity index (χ3v) is 4.62. The highest BCUT2D eigenvalue weighted by molar-refractivity contribution is 7.89. The minimum Gasteiger partial charge on any atom is -0.329 e. The van der Waals surface area contributed by atoms with E-state index in [2.05, 4.69) is 0 Å². The summed E-state index contributed by atoms with van der Waals surface area (Å²) in [5.41, 5.74) is 4.18. The van der Waals surface area contributed by atoms with Crippen LogP contribution in [0.15, 0.2) is 29.2 Å². The zero-order chi connectivity index (χ0) is 15.4. The molecule has 0 aliphatic carbocycles. The lowest BCUT2D eigenvalue weighted by molar-refractivity contribution is -0.139. The molecule has 2 N–H and O–H groups in total. The van der Waals surface area contributed by atoms with Crippen LogP contribution in [0.3, 0.4) is 0 Å². The molecule has 8 heteroatoms. The Morgan fingerprint density at radius 3 is 2.30 bits per heavy atom. The monoisotopic (exact) mass is 310 g/mol. The minimum absolute atomic E-state index is 0.0115. The summed E-state index contributed by atoms with van der Waals surface area (Å²) >= 11 is 0. The van der Waals surface area contributed by atoms with E-state index in [0.29, 0.717) is 6.42 Å². The first-order chi connectivity index (χ1) is 9.25. The van der Waals surface area contributed by atoms with Crippen molar-refractivity contribution in [3.05, 3.63) is 29.8 Å². The number of alkyl halides is 3. The Labute approximate surface area is 116 Å². The highest BCUT2D eigenvalue weighted by atomic mass is 32.2. The van der Waals surface area contributed by atoms with E-state index in [9.17, 15) is 21.6 Å². The lowest BCUT2D eigenvalue weighted by atomic mass is 10.2. The minimum atomic E-state index is -4.72. The predicted molar refractivity (Wildman–Crippen MR) is 69.5 cm³/mol. The van der Waals surface area contributed by atoms with Gasteiger partial charge in [-0.2, -0.15) is 17.5 Å². The molecular weight excluding hydrogens is 293 g/mol. The molecule has 0 heterocycles. The van der Waals surface area contributed by atoms with Gasteiger partial charge in [0.2, 0.25) is 10.0 Å². The van der Waals surface area contributed by atoms with Gasteiger partial charge in [0.05, 0.1) is 10.5 Å². The van der Waals surface area contributed by atoms with E-state index < -0.39 is 26.7 Å². The van der Waals surface area contributed by atoms with Crippen molar-refractivity contribution in [2.75, 3.05) is 19.6 Å². The molecule has 0 aliphatic heterocycles. The first-order valence-corrected chi connectivity index (χ1v) is 7.55. The number of hydrogen-bond donors (Lipinski definition) is 1. The molecule has 0 amide bonds. The lowest BCUT2D eigenvalue weighted by Crippen LogP contribution is -2.36. The summed E-state index contributed by atoms with van der Waals surface area (Å²) in [7, 11) is -4.21. The Morgan fingerprint density at radius 2 is 1.80 bits per heavy atom. The van der Waals surface area contributed by atoms with Crippen LogP contribution in [0.5, 0.6) is 0 Å². The van der Waals surface area contributed by atoms with Crippen molar-refractivity contribution >= 4 is 10.0 Å². The second-order valence-electron chi connectivity index (χ2n) is 4.19. The molecule has 0 saturated heterocycles. The number of nitrogens with zero attached hydrogens (tertiary/aromatic N) is 1. The van der Waals surface area contributed by atoms with E-state index in [1.165, 1.54) is 6.07 Å². The molecule has 1 rings (SSSR count). The van der Waals surface area contributed by atoms with Gasteiger partial charge in [0.25, 0.3) is 0 Å². The van der Waals surface area contributed by atoms with Crippen molar-refractivity contribution < 1.29 is 21.6 Å². The highest BCUT2D eigenvalue weighted by Gasteiger charge is 2.38. The Kier molecular flexibility index (Phi) is 5.55. The Morgan fingerprint density at radius 1 is 1.20 bits per heavy atom. The number of rotatable bonds is 6. The summed E-state index contributed by atoms with van der Waals surface area (Å²) in [6, 6.07) is 4.17. The second-order valence-corrected chi connectivity index (χ2v) is 6.09. The summed E-state index contributed by atoms with van der Waals surface area (Å²) in [5, 5.41) is 0. The van der Waals surface area contributed by atoms with Crippen molar-refractivity contribution in [1.82, 2.24) is 4.31 Å². The normalized spacial score (nSPS) is 12.9. The van der Waals surface area contributed by atoms with Gasteiger partial charge in [-0.05, 0) is 18.6 Å². The quantitative estimate of drug-likeness (QED) is 0.875. The van der Waals surface area contributed by atoms with E-state index in [-0.39, 0.29) is 19.6 Å². The number of sulfonamides is 1. The largest absolute Gasteiger partial charge is 0.417 e. The van der Waals surface area contributed by atoms with Crippen LogP contribution in [0.25, 0.3) is 0 Å². The van der Waals surface area contributed by atoms with Crippen molar-refractivity contribution in [3.63, 3.8) is 0 Å². The molecule has 1 aromatic rings. The lowest BCUT2D eigenvalue weighted by Gasteiger charge is -2.23. The molecule has 4 nitrogen and oxygen atoms in total. The Hall–Kier alpha value is -1.12. The number of halogens is 3. The van der Waals surface area contributed by atoms with Crippen LogP contribution < -0.4 is 5.73 Å². The van der Waals surface area contributed by atoms with Crippen LogP contribution in [0.4, 0.5) is 13.2 Å². The summed E-state index contributed by atoms with van der Waals surface area (Å²) in [6.07, 6.45) is -4.22. The maximum Gasteiger partial charge on any atom is 0.417 e. The second kappa shape index (κ2) is 6.55. The van der Waals surface area contributed by atoms with Gasteiger partial charge in [0.15, 0.2) is 0 Å². The first-order valence-electron chi connectivity index (χ1n) is 6.11. The van der Waals surface area contributed by atoms with Crippen LogP contribution in [0.2, 0.25) is 0 Å². The highest BCUT2D eigenvalue weighted by Crippen LogP contribution is 2.35. The maximum absolute atomic E-state index is 12.9. The maximum atomic E-state index is 12.9. The predicted octanol–water partition coefficient (Wildman–Crippen LogP) is 2.06. The van der Waals surface area contributed by atoms with Gasteiger partial charge < -0.3 is 5.73 Å². The molecule has 0 fully saturated rings. The number of hydrogen-bond acceptors (Lipinski definition) is 3. The van der Waals surface area contributed by atoms with Crippen molar-refractivity contribution in [3.8, 4) is 0 Å². The molecule has 0 aliphatic rings. The standard InChI is InChI=1S/C12H17F3N2O2S/c1-2-8-17(9-7-16)20(18,19)11-6-4-3-5-10(11)12(13,14)15/h3-6H,2,7-9,16H2,1H3. The fourth-order valence-electron chi connectivity index (χ4n) is 1.81. The van der Waals surface area contributed by atoms with Crippen LogP contribution >= 0.6 is 0 Å². The van der Waals surface area contributed by atoms with E-state index in [1.54, 1.807) is 6.92 Å².